The first-order chi connectivity index (χ1) is 8.25. The number of anilines is 1. The van der Waals surface area contributed by atoms with Gasteiger partial charge < -0.3 is 0 Å². The topological polar surface area (TPSA) is 54.9 Å². The average Bonchev–Trinajstić information content (AvgIpc) is 2.33. The standard InChI is InChI=1S/C13H13N3O/c1-10-5-2-3-6-11(10)9-12(17)16-13-14-7-4-8-15-13/h2-8H,9H2,1H3,(H,14,15,16,17). The molecule has 0 aliphatic heterocycles. The third kappa shape index (κ3) is 3.11. The molecule has 0 saturated carbocycles. The van der Waals surface area contributed by atoms with Gasteiger partial charge in [0.15, 0.2) is 0 Å². The van der Waals surface area contributed by atoms with Crippen LogP contribution < -0.4 is 5.32 Å². The normalized spacial score (nSPS) is 9.94. The van der Waals surface area contributed by atoms with Gasteiger partial charge >= 0.3 is 0 Å². The van der Waals surface area contributed by atoms with Gasteiger partial charge in [-0.3, -0.25) is 10.1 Å². The Morgan fingerprint density at radius 3 is 2.59 bits per heavy atom. The van der Waals surface area contributed by atoms with Crippen molar-refractivity contribution in [2.75, 3.05) is 5.32 Å². The predicted molar refractivity (Wildman–Crippen MR) is 65.5 cm³/mol. The van der Waals surface area contributed by atoms with E-state index >= 15 is 0 Å². The summed E-state index contributed by atoms with van der Waals surface area (Å²) >= 11 is 0. The molecule has 1 N–H and O–H groups in total. The second-order valence-electron chi connectivity index (χ2n) is 3.72. The maximum Gasteiger partial charge on any atom is 0.231 e. The van der Waals surface area contributed by atoms with E-state index in [0.29, 0.717) is 12.4 Å². The summed E-state index contributed by atoms with van der Waals surface area (Å²) in [7, 11) is 0. The summed E-state index contributed by atoms with van der Waals surface area (Å²) in [4.78, 5) is 19.6. The highest BCUT2D eigenvalue weighted by Gasteiger charge is 2.06. The van der Waals surface area contributed by atoms with E-state index in [1.54, 1.807) is 18.5 Å². The van der Waals surface area contributed by atoms with Crippen LogP contribution >= 0.6 is 0 Å². The maximum absolute atomic E-state index is 11.7. The number of nitrogens with one attached hydrogen (secondary N) is 1. The number of benzene rings is 1. The minimum atomic E-state index is -0.106. The molecule has 0 aliphatic carbocycles. The van der Waals surface area contributed by atoms with E-state index in [0.717, 1.165) is 11.1 Å². The highest BCUT2D eigenvalue weighted by Crippen LogP contribution is 2.08. The highest BCUT2D eigenvalue weighted by molar-refractivity contribution is 5.90. The van der Waals surface area contributed by atoms with Crippen molar-refractivity contribution in [3.05, 3.63) is 53.9 Å². The van der Waals surface area contributed by atoms with Crippen LogP contribution in [0.4, 0.5) is 5.95 Å². The first-order valence-electron chi connectivity index (χ1n) is 5.37. The molecule has 0 fully saturated rings. The van der Waals surface area contributed by atoms with Crippen LogP contribution in [0.15, 0.2) is 42.7 Å². The van der Waals surface area contributed by atoms with Gasteiger partial charge in [0.1, 0.15) is 0 Å². The first kappa shape index (κ1) is 11.3. The van der Waals surface area contributed by atoms with Gasteiger partial charge in [0, 0.05) is 12.4 Å². The molecule has 2 rings (SSSR count). The fraction of sp³-hybridized carbons (Fsp3) is 0.154. The van der Waals surface area contributed by atoms with Crippen LogP contribution in [0.5, 0.6) is 0 Å². The lowest BCUT2D eigenvalue weighted by Crippen LogP contribution is -2.16. The Labute approximate surface area is 99.7 Å². The van der Waals surface area contributed by atoms with Crippen molar-refractivity contribution in [2.45, 2.75) is 13.3 Å². The Kier molecular flexibility index (Phi) is 3.45. The molecular weight excluding hydrogens is 214 g/mol. The fourth-order valence-electron chi connectivity index (χ4n) is 1.51. The van der Waals surface area contributed by atoms with Gasteiger partial charge in [-0.1, -0.05) is 24.3 Å². The quantitative estimate of drug-likeness (QED) is 0.872. The Balaban J connectivity index is 2.01. The SMILES string of the molecule is Cc1ccccc1CC(=O)Nc1ncccn1. The van der Waals surface area contributed by atoms with Crippen molar-refractivity contribution >= 4 is 11.9 Å². The lowest BCUT2D eigenvalue weighted by molar-refractivity contribution is -0.115. The Bertz CT molecular complexity index is 511. The van der Waals surface area contributed by atoms with E-state index in [2.05, 4.69) is 15.3 Å². The van der Waals surface area contributed by atoms with Crippen molar-refractivity contribution in [1.29, 1.82) is 0 Å². The van der Waals surface area contributed by atoms with Gasteiger partial charge in [0.2, 0.25) is 11.9 Å². The number of nitrogens with zero attached hydrogens (tertiary/aromatic N) is 2. The zero-order valence-corrected chi connectivity index (χ0v) is 9.55. The summed E-state index contributed by atoms with van der Waals surface area (Å²) in [5.41, 5.74) is 2.12. The average molecular weight is 227 g/mol. The van der Waals surface area contributed by atoms with Crippen molar-refractivity contribution in [2.24, 2.45) is 0 Å². The minimum Gasteiger partial charge on any atom is -0.294 e. The van der Waals surface area contributed by atoms with Crippen LogP contribution in [-0.4, -0.2) is 15.9 Å². The molecule has 1 aromatic carbocycles. The van der Waals surface area contributed by atoms with Gasteiger partial charge in [-0.05, 0) is 24.1 Å². The molecule has 2 aromatic rings. The second kappa shape index (κ2) is 5.21. The number of carbonyl (C=O) groups excluding carboxylic acids is 1. The lowest BCUT2D eigenvalue weighted by atomic mass is 10.1. The first-order valence-corrected chi connectivity index (χ1v) is 5.37. The monoisotopic (exact) mass is 227 g/mol. The van der Waals surface area contributed by atoms with Crippen LogP contribution in [0.25, 0.3) is 0 Å². The summed E-state index contributed by atoms with van der Waals surface area (Å²) in [6, 6.07) is 9.52. The minimum absolute atomic E-state index is 0.106. The van der Waals surface area contributed by atoms with Gasteiger partial charge in [0.05, 0.1) is 6.42 Å². The number of hydrogen-bond acceptors (Lipinski definition) is 3. The summed E-state index contributed by atoms with van der Waals surface area (Å²) in [6.45, 7) is 1.99. The molecule has 1 aromatic heterocycles. The Morgan fingerprint density at radius 1 is 1.18 bits per heavy atom. The third-order valence-corrected chi connectivity index (χ3v) is 2.43. The maximum atomic E-state index is 11.7. The highest BCUT2D eigenvalue weighted by atomic mass is 16.1. The number of hydrogen-bond donors (Lipinski definition) is 1. The molecule has 0 atom stereocenters. The largest absolute Gasteiger partial charge is 0.294 e. The zero-order chi connectivity index (χ0) is 12.1. The van der Waals surface area contributed by atoms with Gasteiger partial charge in [-0.2, -0.15) is 0 Å². The van der Waals surface area contributed by atoms with Crippen LogP contribution in [-0.2, 0) is 11.2 Å². The molecule has 4 heteroatoms. The molecule has 0 aliphatic rings. The van der Waals surface area contributed by atoms with Gasteiger partial charge in [-0.25, -0.2) is 9.97 Å². The molecule has 17 heavy (non-hydrogen) atoms. The number of aromatic nitrogens is 2. The predicted octanol–water partition coefficient (Wildman–Crippen LogP) is 1.97. The van der Waals surface area contributed by atoms with E-state index in [4.69, 9.17) is 0 Å². The fourth-order valence-corrected chi connectivity index (χ4v) is 1.51. The van der Waals surface area contributed by atoms with Crippen LogP contribution in [0, 0.1) is 6.92 Å². The number of carbonyl (C=O) groups is 1. The van der Waals surface area contributed by atoms with Crippen LogP contribution in [0.1, 0.15) is 11.1 Å². The van der Waals surface area contributed by atoms with Gasteiger partial charge in [-0.15, -0.1) is 0 Å². The molecule has 0 spiro atoms. The van der Waals surface area contributed by atoms with E-state index in [9.17, 15) is 4.79 Å². The van der Waals surface area contributed by atoms with E-state index < -0.39 is 0 Å². The van der Waals surface area contributed by atoms with Crippen LogP contribution in [0.2, 0.25) is 0 Å². The summed E-state index contributed by atoms with van der Waals surface area (Å²) in [5.74, 6) is 0.233. The molecule has 86 valence electrons. The number of aryl methyl sites for hydroxylation is 1. The van der Waals surface area contributed by atoms with Crippen molar-refractivity contribution in [3.8, 4) is 0 Å². The number of amides is 1. The summed E-state index contributed by atoms with van der Waals surface area (Å²) in [5, 5.41) is 2.66. The smallest absolute Gasteiger partial charge is 0.231 e. The molecule has 1 heterocycles. The Hall–Kier alpha value is -2.23. The van der Waals surface area contributed by atoms with Crippen molar-refractivity contribution < 1.29 is 4.79 Å². The lowest BCUT2D eigenvalue weighted by Gasteiger charge is -2.05. The molecule has 4 nitrogen and oxygen atoms in total. The van der Waals surface area contributed by atoms with Gasteiger partial charge in [0.25, 0.3) is 0 Å². The molecule has 0 radical (unpaired) electrons. The molecule has 0 bridgehead atoms. The summed E-state index contributed by atoms with van der Waals surface area (Å²) in [6.07, 6.45) is 3.53. The van der Waals surface area contributed by atoms with E-state index in [1.807, 2.05) is 31.2 Å². The number of rotatable bonds is 3. The molecule has 1 amide bonds. The van der Waals surface area contributed by atoms with Crippen LogP contribution in [0.3, 0.4) is 0 Å². The van der Waals surface area contributed by atoms with Crippen molar-refractivity contribution in [1.82, 2.24) is 9.97 Å². The van der Waals surface area contributed by atoms with E-state index in [-0.39, 0.29) is 5.91 Å². The second-order valence-corrected chi connectivity index (χ2v) is 3.72. The summed E-state index contributed by atoms with van der Waals surface area (Å²) < 4.78 is 0. The Morgan fingerprint density at radius 2 is 1.88 bits per heavy atom. The van der Waals surface area contributed by atoms with E-state index in [1.165, 1.54) is 0 Å². The van der Waals surface area contributed by atoms with Crippen molar-refractivity contribution in [3.63, 3.8) is 0 Å². The zero-order valence-electron chi connectivity index (χ0n) is 9.55. The molecule has 0 unspecified atom stereocenters. The molecule has 0 saturated heterocycles. The molecular formula is C13H13N3O. The third-order valence-electron chi connectivity index (χ3n) is 2.43.